The molecule has 2 saturated heterocycles. The van der Waals surface area contributed by atoms with Crippen LogP contribution >= 0.6 is 0 Å². The average Bonchev–Trinajstić information content (AvgIpc) is 2.59. The minimum atomic E-state index is -0.816. The molecule has 2 unspecified atom stereocenters. The number of nitrogens with zero attached hydrogens (tertiary/aromatic N) is 1. The molecule has 0 spiro atoms. The first-order valence-corrected chi connectivity index (χ1v) is 5.31. The zero-order valence-corrected chi connectivity index (χ0v) is 8.74. The smallest absolute Gasteiger partial charge is 0.321 e. The Morgan fingerprint density at radius 1 is 1.50 bits per heavy atom. The number of hydrogen-bond donors (Lipinski definition) is 4. The van der Waals surface area contributed by atoms with Crippen molar-refractivity contribution in [1.29, 1.82) is 0 Å². The highest BCUT2D eigenvalue weighted by molar-refractivity contribution is 5.75. The van der Waals surface area contributed by atoms with Crippen LogP contribution in [-0.2, 0) is 4.74 Å². The number of nitrogens with one attached hydrogen (secondary N) is 1. The molecule has 92 valence electrons. The molecule has 7 nitrogen and oxygen atoms in total. The molecular weight excluding hydrogens is 216 g/mol. The molecule has 2 heterocycles. The van der Waals surface area contributed by atoms with E-state index in [-0.39, 0.29) is 13.0 Å². The van der Waals surface area contributed by atoms with E-state index < -0.39 is 30.7 Å². The lowest BCUT2D eigenvalue weighted by atomic mass is 10.2. The SMILES string of the molecule is O=C1NC(O)CCN1[C@H]1CC(O)[C@@H](CO)O1. The quantitative estimate of drug-likeness (QED) is 0.449. The zero-order chi connectivity index (χ0) is 11.7. The first kappa shape index (κ1) is 11.6. The third-order valence-electron chi connectivity index (χ3n) is 2.93. The van der Waals surface area contributed by atoms with Gasteiger partial charge >= 0.3 is 6.03 Å². The number of ether oxygens (including phenoxy) is 1. The van der Waals surface area contributed by atoms with Crippen LogP contribution in [0.3, 0.4) is 0 Å². The minimum absolute atomic E-state index is 0.268. The number of aliphatic hydroxyl groups is 3. The van der Waals surface area contributed by atoms with E-state index in [1.54, 1.807) is 0 Å². The fraction of sp³-hybridized carbons (Fsp3) is 0.889. The molecule has 0 aliphatic carbocycles. The van der Waals surface area contributed by atoms with Gasteiger partial charge in [-0.25, -0.2) is 4.79 Å². The summed E-state index contributed by atoms with van der Waals surface area (Å²) in [6.07, 6.45) is -2.03. The van der Waals surface area contributed by atoms with Crippen LogP contribution in [0.15, 0.2) is 0 Å². The second-order valence-electron chi connectivity index (χ2n) is 4.06. The van der Waals surface area contributed by atoms with Gasteiger partial charge in [0.15, 0.2) is 0 Å². The van der Waals surface area contributed by atoms with Gasteiger partial charge < -0.3 is 25.4 Å². The third kappa shape index (κ3) is 2.12. The maximum absolute atomic E-state index is 11.5. The van der Waals surface area contributed by atoms with E-state index in [0.29, 0.717) is 13.0 Å². The van der Waals surface area contributed by atoms with Crippen LogP contribution in [0.5, 0.6) is 0 Å². The maximum Gasteiger partial charge on any atom is 0.321 e. The Bertz CT molecular complexity index is 275. The van der Waals surface area contributed by atoms with Crippen molar-refractivity contribution in [3.8, 4) is 0 Å². The predicted molar refractivity (Wildman–Crippen MR) is 52.2 cm³/mol. The minimum Gasteiger partial charge on any atom is -0.394 e. The first-order valence-electron chi connectivity index (χ1n) is 5.31. The van der Waals surface area contributed by atoms with Crippen molar-refractivity contribution in [2.24, 2.45) is 0 Å². The lowest BCUT2D eigenvalue weighted by Gasteiger charge is -2.34. The molecule has 2 rings (SSSR count). The summed E-state index contributed by atoms with van der Waals surface area (Å²) >= 11 is 0. The van der Waals surface area contributed by atoms with Gasteiger partial charge in [0.05, 0.1) is 12.7 Å². The highest BCUT2D eigenvalue weighted by Gasteiger charge is 2.40. The molecule has 2 aliphatic heterocycles. The molecule has 2 amide bonds. The summed E-state index contributed by atoms with van der Waals surface area (Å²) in [5.74, 6) is 0. The van der Waals surface area contributed by atoms with Gasteiger partial charge in [0.1, 0.15) is 18.6 Å². The summed E-state index contributed by atoms with van der Waals surface area (Å²) in [4.78, 5) is 12.9. The van der Waals surface area contributed by atoms with Gasteiger partial charge in [-0.2, -0.15) is 0 Å². The van der Waals surface area contributed by atoms with E-state index in [1.807, 2.05) is 0 Å². The van der Waals surface area contributed by atoms with Crippen molar-refractivity contribution in [2.75, 3.05) is 13.2 Å². The summed E-state index contributed by atoms with van der Waals surface area (Å²) in [6, 6.07) is -0.408. The van der Waals surface area contributed by atoms with Crippen molar-refractivity contribution < 1.29 is 24.9 Å². The fourth-order valence-corrected chi connectivity index (χ4v) is 2.01. The molecule has 4 N–H and O–H groups in total. The van der Waals surface area contributed by atoms with Gasteiger partial charge in [-0.15, -0.1) is 0 Å². The lowest BCUT2D eigenvalue weighted by molar-refractivity contribution is -0.0730. The standard InChI is InChI=1S/C9H16N2O5/c12-4-6-5(13)3-8(16-6)11-2-1-7(14)10-9(11)15/h5-8,12-14H,1-4H2,(H,10,15)/t5?,6-,7?,8-/m1/s1. The van der Waals surface area contributed by atoms with Gasteiger partial charge in [-0.3, -0.25) is 4.90 Å². The molecule has 0 aromatic carbocycles. The average molecular weight is 232 g/mol. The lowest BCUT2D eigenvalue weighted by Crippen LogP contribution is -2.55. The highest BCUT2D eigenvalue weighted by atomic mass is 16.5. The second kappa shape index (κ2) is 4.54. The monoisotopic (exact) mass is 232 g/mol. The van der Waals surface area contributed by atoms with E-state index in [1.165, 1.54) is 4.90 Å². The third-order valence-corrected chi connectivity index (χ3v) is 2.93. The van der Waals surface area contributed by atoms with Gasteiger partial charge in [0.25, 0.3) is 0 Å². The Hall–Kier alpha value is -0.890. The van der Waals surface area contributed by atoms with Crippen LogP contribution < -0.4 is 5.32 Å². The van der Waals surface area contributed by atoms with Crippen molar-refractivity contribution in [3.05, 3.63) is 0 Å². The van der Waals surface area contributed by atoms with Gasteiger partial charge in [0, 0.05) is 19.4 Å². The van der Waals surface area contributed by atoms with E-state index in [0.717, 1.165) is 0 Å². The van der Waals surface area contributed by atoms with Crippen molar-refractivity contribution in [3.63, 3.8) is 0 Å². The fourth-order valence-electron chi connectivity index (χ4n) is 2.01. The number of urea groups is 1. The van der Waals surface area contributed by atoms with Gasteiger partial charge in [0.2, 0.25) is 0 Å². The summed E-state index contributed by atoms with van der Waals surface area (Å²) in [5.41, 5.74) is 0. The molecule has 0 aromatic rings. The van der Waals surface area contributed by atoms with Gasteiger partial charge in [-0.05, 0) is 0 Å². The number of amides is 2. The summed E-state index contributed by atoms with van der Waals surface area (Å²) < 4.78 is 5.35. The van der Waals surface area contributed by atoms with E-state index in [4.69, 9.17) is 9.84 Å². The van der Waals surface area contributed by atoms with Crippen molar-refractivity contribution in [1.82, 2.24) is 10.2 Å². The van der Waals surface area contributed by atoms with Crippen LogP contribution in [0, 0.1) is 0 Å². The molecule has 0 aromatic heterocycles. The Kier molecular flexibility index (Phi) is 3.29. The molecular formula is C9H16N2O5. The summed E-state index contributed by atoms with van der Waals surface area (Å²) in [5, 5.41) is 30.0. The van der Waals surface area contributed by atoms with Gasteiger partial charge in [-0.1, -0.05) is 0 Å². The molecule has 0 radical (unpaired) electrons. The van der Waals surface area contributed by atoms with Crippen molar-refractivity contribution >= 4 is 6.03 Å². The summed E-state index contributed by atoms with van der Waals surface area (Å²) in [7, 11) is 0. The predicted octanol–water partition coefficient (Wildman–Crippen LogP) is -1.81. The molecule has 0 bridgehead atoms. The van der Waals surface area contributed by atoms with E-state index >= 15 is 0 Å². The Labute approximate surface area is 92.6 Å². The Morgan fingerprint density at radius 2 is 2.25 bits per heavy atom. The van der Waals surface area contributed by atoms with E-state index in [2.05, 4.69) is 5.32 Å². The number of aliphatic hydroxyl groups excluding tert-OH is 3. The Balaban J connectivity index is 1.96. The zero-order valence-electron chi connectivity index (χ0n) is 8.74. The molecule has 7 heteroatoms. The van der Waals surface area contributed by atoms with Crippen LogP contribution in [0.2, 0.25) is 0 Å². The first-order chi connectivity index (χ1) is 7.61. The van der Waals surface area contributed by atoms with Crippen LogP contribution in [0.1, 0.15) is 12.8 Å². The number of hydrogen-bond acceptors (Lipinski definition) is 5. The number of rotatable bonds is 2. The topological polar surface area (TPSA) is 102 Å². The van der Waals surface area contributed by atoms with Crippen LogP contribution in [0.4, 0.5) is 4.79 Å². The normalized spacial score (nSPS) is 39.9. The molecule has 4 atom stereocenters. The second-order valence-corrected chi connectivity index (χ2v) is 4.06. The molecule has 16 heavy (non-hydrogen) atoms. The number of carbonyl (C=O) groups is 1. The largest absolute Gasteiger partial charge is 0.394 e. The Morgan fingerprint density at radius 3 is 2.81 bits per heavy atom. The molecule has 2 fully saturated rings. The molecule has 2 aliphatic rings. The maximum atomic E-state index is 11.5. The van der Waals surface area contributed by atoms with Crippen LogP contribution in [-0.4, -0.2) is 64.1 Å². The van der Waals surface area contributed by atoms with Crippen molar-refractivity contribution in [2.45, 2.75) is 37.5 Å². The molecule has 0 saturated carbocycles. The van der Waals surface area contributed by atoms with E-state index in [9.17, 15) is 15.0 Å². The highest BCUT2D eigenvalue weighted by Crippen LogP contribution is 2.24. The van der Waals surface area contributed by atoms with Crippen LogP contribution in [0.25, 0.3) is 0 Å². The summed E-state index contributed by atoms with van der Waals surface area (Å²) in [6.45, 7) is 0.109. The number of carbonyl (C=O) groups excluding carboxylic acids is 1.